The van der Waals surface area contributed by atoms with Crippen LogP contribution in [0.15, 0.2) is 97.4 Å². The number of benzene rings is 2. The maximum absolute atomic E-state index is 3.81. The standard InChI is InChI=1S/C25H30N2/c1-5-22(19-20-27(6-2)7-3)13-14-23-15-17-25(18-16-23)26(4)21-24-11-9-8-10-12-24/h5-6,8-20H,2,7,21H2,1,3-4H3/b14-13+,20-19-,22-5-. The Balaban J connectivity index is 1.99. The minimum absolute atomic E-state index is 0.904. The maximum atomic E-state index is 3.81. The molecule has 0 fully saturated rings. The summed E-state index contributed by atoms with van der Waals surface area (Å²) in [5, 5.41) is 0. The van der Waals surface area contributed by atoms with Gasteiger partial charge in [-0.15, -0.1) is 0 Å². The Kier molecular flexibility index (Phi) is 8.18. The highest BCUT2D eigenvalue weighted by molar-refractivity contribution is 5.58. The van der Waals surface area contributed by atoms with E-state index in [0.29, 0.717) is 0 Å². The minimum Gasteiger partial charge on any atom is -0.370 e. The molecule has 0 spiro atoms. The topological polar surface area (TPSA) is 6.48 Å². The van der Waals surface area contributed by atoms with Gasteiger partial charge in [-0.05, 0) is 55.0 Å². The quantitative estimate of drug-likeness (QED) is 0.488. The van der Waals surface area contributed by atoms with Gasteiger partial charge < -0.3 is 9.80 Å². The van der Waals surface area contributed by atoms with E-state index < -0.39 is 0 Å². The molecule has 2 nitrogen and oxygen atoms in total. The van der Waals surface area contributed by atoms with E-state index in [2.05, 4.69) is 116 Å². The van der Waals surface area contributed by atoms with Gasteiger partial charge in [-0.25, -0.2) is 0 Å². The molecule has 0 aliphatic carbocycles. The van der Waals surface area contributed by atoms with Crippen molar-refractivity contribution in [1.82, 2.24) is 4.90 Å². The molecule has 0 aliphatic heterocycles. The average Bonchev–Trinajstić information content (AvgIpc) is 2.72. The molecule has 140 valence electrons. The summed E-state index contributed by atoms with van der Waals surface area (Å²) in [5.41, 5.74) is 4.89. The van der Waals surface area contributed by atoms with Crippen molar-refractivity contribution >= 4 is 11.8 Å². The largest absolute Gasteiger partial charge is 0.370 e. The Bertz CT molecular complexity index is 783. The lowest BCUT2D eigenvalue weighted by Gasteiger charge is -2.19. The highest BCUT2D eigenvalue weighted by atomic mass is 15.1. The molecule has 0 aromatic heterocycles. The predicted molar refractivity (Wildman–Crippen MR) is 119 cm³/mol. The molecule has 27 heavy (non-hydrogen) atoms. The summed E-state index contributed by atoms with van der Waals surface area (Å²) in [6, 6.07) is 19.2. The number of hydrogen-bond donors (Lipinski definition) is 0. The van der Waals surface area contributed by atoms with Gasteiger partial charge in [0.25, 0.3) is 0 Å². The van der Waals surface area contributed by atoms with Gasteiger partial charge >= 0.3 is 0 Å². The van der Waals surface area contributed by atoms with Gasteiger partial charge in [0, 0.05) is 32.0 Å². The second kappa shape index (κ2) is 10.9. The van der Waals surface area contributed by atoms with Crippen molar-refractivity contribution in [3.63, 3.8) is 0 Å². The molecule has 0 aliphatic rings. The number of rotatable bonds is 9. The summed E-state index contributed by atoms with van der Waals surface area (Å²) >= 11 is 0. The molecule has 0 saturated carbocycles. The molecule has 0 amide bonds. The van der Waals surface area contributed by atoms with Crippen LogP contribution in [0, 0.1) is 0 Å². The molecule has 0 saturated heterocycles. The van der Waals surface area contributed by atoms with Gasteiger partial charge in [0.1, 0.15) is 0 Å². The molecule has 0 unspecified atom stereocenters. The van der Waals surface area contributed by atoms with E-state index >= 15 is 0 Å². The van der Waals surface area contributed by atoms with E-state index in [1.807, 2.05) is 12.4 Å². The minimum atomic E-state index is 0.904. The maximum Gasteiger partial charge on any atom is 0.0426 e. The summed E-state index contributed by atoms with van der Waals surface area (Å²) in [6.45, 7) is 9.79. The Morgan fingerprint density at radius 1 is 1.00 bits per heavy atom. The first-order chi connectivity index (χ1) is 13.2. The molecule has 2 rings (SSSR count). The average molecular weight is 359 g/mol. The molecule has 0 radical (unpaired) electrons. The van der Waals surface area contributed by atoms with Crippen LogP contribution in [0.3, 0.4) is 0 Å². The third-order valence-corrected chi connectivity index (χ3v) is 4.46. The molecule has 0 bridgehead atoms. The highest BCUT2D eigenvalue weighted by Crippen LogP contribution is 2.17. The van der Waals surface area contributed by atoms with Crippen molar-refractivity contribution in [2.45, 2.75) is 20.4 Å². The van der Waals surface area contributed by atoms with Crippen LogP contribution in [0.25, 0.3) is 6.08 Å². The SMILES string of the molecule is C=CN(\C=C/C(=C\C)/C=C/c1ccc(N(C)Cc2ccccc2)cc1)CC. The lowest BCUT2D eigenvalue weighted by Crippen LogP contribution is -2.16. The van der Waals surface area contributed by atoms with Crippen molar-refractivity contribution in [3.8, 4) is 0 Å². The van der Waals surface area contributed by atoms with E-state index in [4.69, 9.17) is 0 Å². The summed E-state index contributed by atoms with van der Waals surface area (Å²) in [4.78, 5) is 4.31. The van der Waals surface area contributed by atoms with Gasteiger partial charge in [-0.3, -0.25) is 0 Å². The zero-order valence-electron chi connectivity index (χ0n) is 16.7. The normalized spacial score (nSPS) is 11.9. The fourth-order valence-electron chi connectivity index (χ4n) is 2.71. The molecular formula is C25H30N2. The smallest absolute Gasteiger partial charge is 0.0426 e. The lowest BCUT2D eigenvalue weighted by atomic mass is 10.1. The zero-order valence-corrected chi connectivity index (χ0v) is 16.7. The molecule has 2 aromatic rings. The Labute approximate surface area is 164 Å². The lowest BCUT2D eigenvalue weighted by molar-refractivity contribution is 0.538. The Hall–Kier alpha value is -3.00. The summed E-state index contributed by atoms with van der Waals surface area (Å²) < 4.78 is 0. The first-order valence-electron chi connectivity index (χ1n) is 9.42. The van der Waals surface area contributed by atoms with Crippen molar-refractivity contribution in [2.75, 3.05) is 18.5 Å². The van der Waals surface area contributed by atoms with Gasteiger partial charge in [0.05, 0.1) is 0 Å². The van der Waals surface area contributed by atoms with E-state index in [-0.39, 0.29) is 0 Å². The number of hydrogen-bond acceptors (Lipinski definition) is 2. The van der Waals surface area contributed by atoms with Crippen LogP contribution in [0.5, 0.6) is 0 Å². The number of nitrogens with zero attached hydrogens (tertiary/aromatic N) is 2. The fraction of sp³-hybridized carbons (Fsp3) is 0.200. The van der Waals surface area contributed by atoms with E-state index in [1.54, 1.807) is 0 Å². The van der Waals surface area contributed by atoms with Crippen LogP contribution < -0.4 is 4.90 Å². The van der Waals surface area contributed by atoms with E-state index in [9.17, 15) is 0 Å². The molecule has 0 heterocycles. The van der Waals surface area contributed by atoms with Crippen LogP contribution >= 0.6 is 0 Å². The van der Waals surface area contributed by atoms with Crippen molar-refractivity contribution in [2.24, 2.45) is 0 Å². The Morgan fingerprint density at radius 3 is 2.30 bits per heavy atom. The zero-order chi connectivity index (χ0) is 19.5. The first-order valence-corrected chi connectivity index (χ1v) is 9.42. The van der Waals surface area contributed by atoms with E-state index in [0.717, 1.165) is 13.1 Å². The van der Waals surface area contributed by atoms with Crippen LogP contribution in [0.2, 0.25) is 0 Å². The number of allylic oxidation sites excluding steroid dienone is 4. The molecule has 0 N–H and O–H groups in total. The summed E-state index contributed by atoms with van der Waals surface area (Å²) in [7, 11) is 2.12. The summed E-state index contributed by atoms with van der Waals surface area (Å²) in [6.07, 6.45) is 12.4. The van der Waals surface area contributed by atoms with Crippen LogP contribution in [0.1, 0.15) is 25.0 Å². The first kappa shape index (κ1) is 20.3. The third-order valence-electron chi connectivity index (χ3n) is 4.46. The molecular weight excluding hydrogens is 328 g/mol. The van der Waals surface area contributed by atoms with Crippen molar-refractivity contribution in [3.05, 3.63) is 109 Å². The molecule has 2 heteroatoms. The second-order valence-corrected chi connectivity index (χ2v) is 6.38. The van der Waals surface area contributed by atoms with Gasteiger partial charge in [-0.1, -0.05) is 67.3 Å². The van der Waals surface area contributed by atoms with Gasteiger partial charge in [0.15, 0.2) is 0 Å². The van der Waals surface area contributed by atoms with Gasteiger partial charge in [-0.2, -0.15) is 0 Å². The van der Waals surface area contributed by atoms with Crippen molar-refractivity contribution in [1.29, 1.82) is 0 Å². The third kappa shape index (κ3) is 6.67. The highest BCUT2D eigenvalue weighted by Gasteiger charge is 2.01. The van der Waals surface area contributed by atoms with E-state index in [1.165, 1.54) is 22.4 Å². The van der Waals surface area contributed by atoms with Crippen LogP contribution in [-0.4, -0.2) is 18.5 Å². The molecule has 0 atom stereocenters. The summed E-state index contributed by atoms with van der Waals surface area (Å²) in [5.74, 6) is 0. The second-order valence-electron chi connectivity index (χ2n) is 6.38. The monoisotopic (exact) mass is 358 g/mol. The van der Waals surface area contributed by atoms with Crippen molar-refractivity contribution < 1.29 is 0 Å². The fourth-order valence-corrected chi connectivity index (χ4v) is 2.71. The number of anilines is 1. The molecule has 2 aromatic carbocycles. The predicted octanol–water partition coefficient (Wildman–Crippen LogP) is 6.26. The van der Waals surface area contributed by atoms with Crippen LogP contribution in [0.4, 0.5) is 5.69 Å². The van der Waals surface area contributed by atoms with Crippen LogP contribution in [-0.2, 0) is 6.54 Å². The van der Waals surface area contributed by atoms with Gasteiger partial charge in [0.2, 0.25) is 0 Å². The Morgan fingerprint density at radius 2 is 1.70 bits per heavy atom.